The van der Waals surface area contributed by atoms with Crippen LogP contribution in [0.15, 0.2) is 28.8 Å². The van der Waals surface area contributed by atoms with Crippen LogP contribution in [0.3, 0.4) is 0 Å². The molecule has 0 saturated carbocycles. The molecule has 0 radical (unpaired) electrons. The van der Waals surface area contributed by atoms with Crippen LogP contribution >= 0.6 is 0 Å². The van der Waals surface area contributed by atoms with Gasteiger partial charge >= 0.3 is 0 Å². The van der Waals surface area contributed by atoms with Crippen LogP contribution < -0.4 is 0 Å². The second-order valence-electron chi connectivity index (χ2n) is 4.84. The van der Waals surface area contributed by atoms with Gasteiger partial charge in [0.15, 0.2) is 5.82 Å². The molecule has 5 heteroatoms. The van der Waals surface area contributed by atoms with Gasteiger partial charge in [0.1, 0.15) is 5.75 Å². The molecule has 1 aromatic carbocycles. The smallest absolute Gasteiger partial charge is 0.231 e. The van der Waals surface area contributed by atoms with Crippen LogP contribution in [-0.4, -0.2) is 28.5 Å². The van der Waals surface area contributed by atoms with Gasteiger partial charge in [-0.15, -0.1) is 0 Å². The van der Waals surface area contributed by atoms with Crippen LogP contribution in [0.25, 0.3) is 0 Å². The van der Waals surface area contributed by atoms with E-state index in [4.69, 9.17) is 9.26 Å². The van der Waals surface area contributed by atoms with E-state index in [1.165, 1.54) is 0 Å². The molecule has 1 saturated heterocycles. The van der Waals surface area contributed by atoms with Gasteiger partial charge in [-0.3, -0.25) is 0 Å². The number of aromatic hydroxyl groups is 1. The monoisotopic (exact) mass is 260 g/mol. The summed E-state index contributed by atoms with van der Waals surface area (Å²) in [4.78, 5) is 4.37. The maximum Gasteiger partial charge on any atom is 0.231 e. The lowest BCUT2D eigenvalue weighted by Gasteiger charge is -2.01. The Morgan fingerprint density at radius 2 is 2.21 bits per heavy atom. The third-order valence-electron chi connectivity index (χ3n) is 3.34. The summed E-state index contributed by atoms with van der Waals surface area (Å²) in [5.74, 6) is 2.01. The Labute approximate surface area is 111 Å². The summed E-state index contributed by atoms with van der Waals surface area (Å²) in [6, 6.07) is 7.17. The molecule has 3 rings (SSSR count). The number of phenolic OH excluding ortho intramolecular Hbond substituents is 1. The lowest BCUT2D eigenvalue weighted by molar-refractivity contribution is 0.185. The Bertz CT molecular complexity index is 547. The molecule has 1 unspecified atom stereocenters. The fourth-order valence-corrected chi connectivity index (χ4v) is 2.27. The molecule has 0 spiro atoms. The highest BCUT2D eigenvalue weighted by atomic mass is 16.5. The van der Waals surface area contributed by atoms with Gasteiger partial charge < -0.3 is 14.4 Å². The van der Waals surface area contributed by atoms with Crippen molar-refractivity contribution in [3.63, 3.8) is 0 Å². The zero-order chi connectivity index (χ0) is 13.1. The number of phenols is 1. The summed E-state index contributed by atoms with van der Waals surface area (Å²) in [6.45, 7) is 1.61. The Kier molecular flexibility index (Phi) is 3.46. The molecule has 1 fully saturated rings. The van der Waals surface area contributed by atoms with Crippen LogP contribution in [0.1, 0.15) is 23.7 Å². The first kappa shape index (κ1) is 12.2. The van der Waals surface area contributed by atoms with E-state index >= 15 is 0 Å². The number of aromatic nitrogens is 2. The van der Waals surface area contributed by atoms with Crippen molar-refractivity contribution in [3.05, 3.63) is 41.5 Å². The molecule has 1 aromatic heterocycles. The number of rotatable bonds is 4. The van der Waals surface area contributed by atoms with Crippen molar-refractivity contribution in [1.82, 2.24) is 10.1 Å². The Hall–Kier alpha value is -1.88. The SMILES string of the molecule is Oc1ccccc1Cc1nc(CC2CCOC2)no1. The van der Waals surface area contributed by atoms with Crippen molar-refractivity contribution >= 4 is 0 Å². The quantitative estimate of drug-likeness (QED) is 0.909. The molecular formula is C14H16N2O3. The van der Waals surface area contributed by atoms with Crippen molar-refractivity contribution in [3.8, 4) is 5.75 Å². The summed E-state index contributed by atoms with van der Waals surface area (Å²) in [5, 5.41) is 13.7. The first-order valence-electron chi connectivity index (χ1n) is 6.47. The Balaban J connectivity index is 1.66. The molecule has 2 heterocycles. The van der Waals surface area contributed by atoms with Crippen molar-refractivity contribution in [2.75, 3.05) is 13.2 Å². The molecule has 2 aromatic rings. The maximum atomic E-state index is 9.70. The fourth-order valence-electron chi connectivity index (χ4n) is 2.27. The van der Waals surface area contributed by atoms with E-state index in [2.05, 4.69) is 10.1 Å². The average Bonchev–Trinajstić information content (AvgIpc) is 3.05. The largest absolute Gasteiger partial charge is 0.508 e. The summed E-state index contributed by atoms with van der Waals surface area (Å²) >= 11 is 0. The van der Waals surface area contributed by atoms with Gasteiger partial charge in [0.2, 0.25) is 5.89 Å². The number of benzene rings is 1. The molecule has 5 nitrogen and oxygen atoms in total. The van der Waals surface area contributed by atoms with Crippen LogP contribution in [0.2, 0.25) is 0 Å². The lowest BCUT2D eigenvalue weighted by Crippen LogP contribution is -2.05. The van der Waals surface area contributed by atoms with E-state index in [9.17, 15) is 5.11 Å². The fraction of sp³-hybridized carbons (Fsp3) is 0.429. The zero-order valence-corrected chi connectivity index (χ0v) is 10.6. The van der Waals surface area contributed by atoms with Gasteiger partial charge in [0, 0.05) is 25.2 Å². The zero-order valence-electron chi connectivity index (χ0n) is 10.6. The third-order valence-corrected chi connectivity index (χ3v) is 3.34. The molecule has 0 amide bonds. The number of hydrogen-bond acceptors (Lipinski definition) is 5. The number of para-hydroxylation sites is 1. The minimum Gasteiger partial charge on any atom is -0.508 e. The normalized spacial score (nSPS) is 18.8. The molecule has 1 aliphatic rings. The van der Waals surface area contributed by atoms with Gasteiger partial charge in [-0.05, 0) is 18.4 Å². The summed E-state index contributed by atoms with van der Waals surface area (Å²) in [7, 11) is 0. The second kappa shape index (κ2) is 5.40. The van der Waals surface area contributed by atoms with E-state index in [1.807, 2.05) is 12.1 Å². The van der Waals surface area contributed by atoms with Crippen LogP contribution in [-0.2, 0) is 17.6 Å². The van der Waals surface area contributed by atoms with E-state index in [0.29, 0.717) is 18.2 Å². The summed E-state index contributed by atoms with van der Waals surface area (Å²) in [5.41, 5.74) is 0.793. The van der Waals surface area contributed by atoms with Crippen LogP contribution in [0, 0.1) is 5.92 Å². The molecule has 100 valence electrons. The summed E-state index contributed by atoms with van der Waals surface area (Å²) in [6.07, 6.45) is 2.31. The van der Waals surface area contributed by atoms with Crippen molar-refractivity contribution in [1.29, 1.82) is 0 Å². The highest BCUT2D eigenvalue weighted by molar-refractivity contribution is 5.33. The molecular weight excluding hydrogens is 244 g/mol. The highest BCUT2D eigenvalue weighted by Gasteiger charge is 2.19. The predicted octanol–water partition coefficient (Wildman–Crippen LogP) is 1.95. The molecule has 19 heavy (non-hydrogen) atoms. The van der Waals surface area contributed by atoms with Gasteiger partial charge in [-0.1, -0.05) is 23.4 Å². The Morgan fingerprint density at radius 1 is 1.32 bits per heavy atom. The van der Waals surface area contributed by atoms with E-state index in [-0.39, 0.29) is 5.75 Å². The summed E-state index contributed by atoms with van der Waals surface area (Å²) < 4.78 is 10.5. The minimum atomic E-state index is 0.256. The molecule has 0 bridgehead atoms. The van der Waals surface area contributed by atoms with Crippen LogP contribution in [0.5, 0.6) is 5.75 Å². The molecule has 1 aliphatic heterocycles. The van der Waals surface area contributed by atoms with Crippen molar-refractivity contribution < 1.29 is 14.4 Å². The van der Waals surface area contributed by atoms with E-state index in [0.717, 1.165) is 37.4 Å². The van der Waals surface area contributed by atoms with Crippen molar-refractivity contribution in [2.45, 2.75) is 19.3 Å². The van der Waals surface area contributed by atoms with Gasteiger partial charge in [-0.2, -0.15) is 4.98 Å². The first-order valence-corrected chi connectivity index (χ1v) is 6.47. The van der Waals surface area contributed by atoms with Gasteiger partial charge in [-0.25, -0.2) is 0 Å². The third kappa shape index (κ3) is 2.93. The number of hydrogen-bond donors (Lipinski definition) is 1. The van der Waals surface area contributed by atoms with Crippen LogP contribution in [0.4, 0.5) is 0 Å². The Morgan fingerprint density at radius 3 is 3.00 bits per heavy atom. The average molecular weight is 260 g/mol. The highest BCUT2D eigenvalue weighted by Crippen LogP contribution is 2.20. The van der Waals surface area contributed by atoms with E-state index < -0.39 is 0 Å². The first-order chi connectivity index (χ1) is 9.31. The molecule has 0 aliphatic carbocycles. The molecule has 1 N–H and O–H groups in total. The van der Waals surface area contributed by atoms with E-state index in [1.54, 1.807) is 12.1 Å². The van der Waals surface area contributed by atoms with Crippen molar-refractivity contribution in [2.24, 2.45) is 5.92 Å². The number of nitrogens with zero attached hydrogens (tertiary/aromatic N) is 2. The predicted molar refractivity (Wildman–Crippen MR) is 67.8 cm³/mol. The van der Waals surface area contributed by atoms with Gasteiger partial charge in [0.25, 0.3) is 0 Å². The van der Waals surface area contributed by atoms with Gasteiger partial charge in [0.05, 0.1) is 6.42 Å². The standard InChI is InChI=1S/C14H16N2O3/c17-12-4-2-1-3-11(12)8-14-15-13(16-19-14)7-10-5-6-18-9-10/h1-4,10,17H,5-9H2. The maximum absolute atomic E-state index is 9.70. The minimum absolute atomic E-state index is 0.256. The topological polar surface area (TPSA) is 68.4 Å². The number of ether oxygens (including phenoxy) is 1. The lowest BCUT2D eigenvalue weighted by atomic mass is 10.1. The second-order valence-corrected chi connectivity index (χ2v) is 4.84. The molecule has 1 atom stereocenters.